The fourth-order valence-corrected chi connectivity index (χ4v) is 4.31. The highest BCUT2D eigenvalue weighted by atomic mass is 16.1. The summed E-state index contributed by atoms with van der Waals surface area (Å²) in [6.07, 6.45) is 1.79. The molecular formula is C27H26N4O. The number of para-hydroxylation sites is 1. The number of nitrogens with zero attached hydrogens (tertiary/aromatic N) is 3. The largest absolute Gasteiger partial charge is 0.367 e. The van der Waals surface area contributed by atoms with Crippen molar-refractivity contribution in [2.24, 2.45) is 0 Å². The summed E-state index contributed by atoms with van der Waals surface area (Å²) in [5.41, 5.74) is 4.73. The second kappa shape index (κ2) is 9.20. The molecule has 0 radical (unpaired) electrons. The average molecular weight is 423 g/mol. The number of fused-ring (bicyclic) bond motifs is 1. The summed E-state index contributed by atoms with van der Waals surface area (Å²) in [5.74, 6) is -0.119. The first-order chi connectivity index (χ1) is 15.8. The highest BCUT2D eigenvalue weighted by Crippen LogP contribution is 2.34. The minimum atomic E-state index is -0.119. The number of rotatable bonds is 5. The highest BCUT2D eigenvalue weighted by molar-refractivity contribution is 6.09. The van der Waals surface area contributed by atoms with E-state index in [4.69, 9.17) is 0 Å². The van der Waals surface area contributed by atoms with E-state index in [1.54, 1.807) is 6.20 Å². The molecular weight excluding hydrogens is 396 g/mol. The summed E-state index contributed by atoms with van der Waals surface area (Å²) in [7, 11) is 0. The maximum atomic E-state index is 12.9. The van der Waals surface area contributed by atoms with Gasteiger partial charge in [0.05, 0.1) is 23.1 Å². The molecule has 5 nitrogen and oxygen atoms in total. The number of nitrogens with one attached hydrogen (secondary N) is 1. The molecule has 1 amide bonds. The van der Waals surface area contributed by atoms with Gasteiger partial charge in [0.15, 0.2) is 0 Å². The van der Waals surface area contributed by atoms with E-state index < -0.39 is 0 Å². The van der Waals surface area contributed by atoms with Crippen LogP contribution in [0.5, 0.6) is 0 Å². The smallest absolute Gasteiger partial charge is 0.255 e. The van der Waals surface area contributed by atoms with Crippen molar-refractivity contribution in [3.8, 4) is 0 Å². The first-order valence-electron chi connectivity index (χ1n) is 11.0. The second-order valence-corrected chi connectivity index (χ2v) is 8.11. The number of benzene rings is 3. The number of hydrogen-bond donors (Lipinski definition) is 1. The SMILES string of the molecule is O=C(Nc1cnc2ccccc2c1N1CCN(Cc2ccccc2)CC1)c1ccccc1. The lowest BCUT2D eigenvalue weighted by Crippen LogP contribution is -2.46. The predicted molar refractivity (Wildman–Crippen MR) is 130 cm³/mol. The molecule has 0 spiro atoms. The zero-order valence-electron chi connectivity index (χ0n) is 17.9. The first kappa shape index (κ1) is 20.2. The number of carbonyl (C=O) groups excluding carboxylic acids is 1. The minimum Gasteiger partial charge on any atom is -0.367 e. The van der Waals surface area contributed by atoms with E-state index in [9.17, 15) is 4.79 Å². The van der Waals surface area contributed by atoms with E-state index >= 15 is 0 Å². The Balaban J connectivity index is 1.40. The Kier molecular flexibility index (Phi) is 5.81. The lowest BCUT2D eigenvalue weighted by molar-refractivity contribution is 0.102. The molecule has 0 saturated carbocycles. The van der Waals surface area contributed by atoms with E-state index in [-0.39, 0.29) is 5.91 Å². The Morgan fingerprint density at radius 2 is 1.47 bits per heavy atom. The molecule has 0 aliphatic carbocycles. The van der Waals surface area contributed by atoms with Crippen molar-refractivity contribution in [3.63, 3.8) is 0 Å². The molecule has 0 bridgehead atoms. The van der Waals surface area contributed by atoms with Gasteiger partial charge in [-0.3, -0.25) is 14.7 Å². The van der Waals surface area contributed by atoms with Crippen LogP contribution >= 0.6 is 0 Å². The van der Waals surface area contributed by atoms with Gasteiger partial charge in [-0.05, 0) is 23.8 Å². The van der Waals surface area contributed by atoms with Crippen LogP contribution in [0, 0.1) is 0 Å². The molecule has 0 unspecified atom stereocenters. The molecule has 32 heavy (non-hydrogen) atoms. The van der Waals surface area contributed by atoms with Gasteiger partial charge in [-0.2, -0.15) is 0 Å². The van der Waals surface area contributed by atoms with E-state index in [0.29, 0.717) is 5.56 Å². The van der Waals surface area contributed by atoms with Gasteiger partial charge >= 0.3 is 0 Å². The van der Waals surface area contributed by atoms with E-state index in [0.717, 1.165) is 55.0 Å². The molecule has 1 aromatic heterocycles. The molecule has 5 rings (SSSR count). The van der Waals surface area contributed by atoms with Crippen LogP contribution in [-0.2, 0) is 6.54 Å². The van der Waals surface area contributed by atoms with Crippen molar-refractivity contribution >= 4 is 28.2 Å². The lowest BCUT2D eigenvalue weighted by atomic mass is 10.1. The van der Waals surface area contributed by atoms with Crippen molar-refractivity contribution in [2.75, 3.05) is 36.4 Å². The van der Waals surface area contributed by atoms with Crippen molar-refractivity contribution < 1.29 is 4.79 Å². The Bertz CT molecular complexity index is 1200. The fraction of sp³-hybridized carbons (Fsp3) is 0.185. The molecule has 1 aliphatic rings. The number of amides is 1. The molecule has 5 heteroatoms. The van der Waals surface area contributed by atoms with Gasteiger partial charge in [-0.25, -0.2) is 0 Å². The van der Waals surface area contributed by atoms with E-state index in [2.05, 4.69) is 56.5 Å². The van der Waals surface area contributed by atoms with Crippen LogP contribution in [0.25, 0.3) is 10.9 Å². The third-order valence-corrected chi connectivity index (χ3v) is 5.97. The number of hydrogen-bond acceptors (Lipinski definition) is 4. The summed E-state index contributed by atoms with van der Waals surface area (Å²) < 4.78 is 0. The van der Waals surface area contributed by atoms with Gasteiger partial charge in [0.2, 0.25) is 0 Å². The van der Waals surface area contributed by atoms with Gasteiger partial charge in [0.25, 0.3) is 5.91 Å². The standard InChI is InChI=1S/C27H26N4O/c32-27(22-11-5-2-6-12-22)29-25-19-28-24-14-8-7-13-23(24)26(25)31-17-15-30(16-18-31)20-21-9-3-1-4-10-21/h1-14,19H,15-18,20H2,(H,29,32). The van der Waals surface area contributed by atoms with Gasteiger partial charge in [0, 0.05) is 43.7 Å². The van der Waals surface area contributed by atoms with E-state index in [1.165, 1.54) is 5.56 Å². The van der Waals surface area contributed by atoms with Crippen molar-refractivity contribution in [1.29, 1.82) is 0 Å². The van der Waals surface area contributed by atoms with Crippen LogP contribution in [-0.4, -0.2) is 42.0 Å². The normalized spacial score (nSPS) is 14.4. The topological polar surface area (TPSA) is 48.5 Å². The Hall–Kier alpha value is -3.70. The molecule has 160 valence electrons. The average Bonchev–Trinajstić information content (AvgIpc) is 2.86. The van der Waals surface area contributed by atoms with Crippen LogP contribution < -0.4 is 10.2 Å². The third kappa shape index (κ3) is 4.34. The number of piperazine rings is 1. The van der Waals surface area contributed by atoms with Gasteiger partial charge in [-0.1, -0.05) is 66.7 Å². The number of carbonyl (C=O) groups is 1. The summed E-state index contributed by atoms with van der Waals surface area (Å²) >= 11 is 0. The zero-order valence-corrected chi connectivity index (χ0v) is 17.9. The number of pyridine rings is 1. The summed E-state index contributed by atoms with van der Waals surface area (Å²) in [6, 6.07) is 28.1. The fourth-order valence-electron chi connectivity index (χ4n) is 4.31. The zero-order chi connectivity index (χ0) is 21.8. The highest BCUT2D eigenvalue weighted by Gasteiger charge is 2.22. The molecule has 1 saturated heterocycles. The van der Waals surface area contributed by atoms with Crippen molar-refractivity contribution in [1.82, 2.24) is 9.88 Å². The quantitative estimate of drug-likeness (QED) is 0.501. The van der Waals surface area contributed by atoms with Gasteiger partial charge in [-0.15, -0.1) is 0 Å². The number of anilines is 2. The maximum absolute atomic E-state index is 12.9. The first-order valence-corrected chi connectivity index (χ1v) is 11.0. The summed E-state index contributed by atoms with van der Waals surface area (Å²) in [6.45, 7) is 4.70. The third-order valence-electron chi connectivity index (χ3n) is 5.97. The second-order valence-electron chi connectivity index (χ2n) is 8.11. The minimum absolute atomic E-state index is 0.119. The van der Waals surface area contributed by atoms with Crippen LogP contribution in [0.3, 0.4) is 0 Å². The van der Waals surface area contributed by atoms with Gasteiger partial charge in [0.1, 0.15) is 0 Å². The van der Waals surface area contributed by atoms with E-state index in [1.807, 2.05) is 48.5 Å². The lowest BCUT2D eigenvalue weighted by Gasteiger charge is -2.37. The van der Waals surface area contributed by atoms with Gasteiger partial charge < -0.3 is 10.2 Å². The predicted octanol–water partition coefficient (Wildman–Crippen LogP) is 4.81. The molecule has 3 aromatic carbocycles. The molecule has 1 fully saturated rings. The maximum Gasteiger partial charge on any atom is 0.255 e. The van der Waals surface area contributed by atoms with Crippen molar-refractivity contribution in [3.05, 3.63) is 102 Å². The molecule has 0 atom stereocenters. The van der Waals surface area contributed by atoms with Crippen molar-refractivity contribution in [2.45, 2.75) is 6.54 Å². The molecule has 2 heterocycles. The van der Waals surface area contributed by atoms with Crippen LogP contribution in [0.1, 0.15) is 15.9 Å². The Labute approximate surface area is 188 Å². The number of aromatic nitrogens is 1. The molecule has 1 N–H and O–H groups in total. The van der Waals surface area contributed by atoms with Crippen LogP contribution in [0.2, 0.25) is 0 Å². The Morgan fingerprint density at radius 1 is 0.812 bits per heavy atom. The summed E-state index contributed by atoms with van der Waals surface area (Å²) in [5, 5.41) is 4.18. The summed E-state index contributed by atoms with van der Waals surface area (Å²) in [4.78, 5) is 22.3. The molecule has 1 aliphatic heterocycles. The Morgan fingerprint density at radius 3 is 2.22 bits per heavy atom. The molecule has 4 aromatic rings. The monoisotopic (exact) mass is 422 g/mol. The van der Waals surface area contributed by atoms with Crippen LogP contribution in [0.15, 0.2) is 91.1 Å². The van der Waals surface area contributed by atoms with Crippen LogP contribution in [0.4, 0.5) is 11.4 Å².